The van der Waals surface area contributed by atoms with Crippen LogP contribution in [0.3, 0.4) is 0 Å². The molecule has 7 unspecified atom stereocenters. The SMILES string of the molecule is CCCCCCC(=O)OC1CCC2C3C(C)CC4=CC(=O)CCC4(C)C3CCC12C. The maximum absolute atomic E-state index is 12.5. The van der Waals surface area contributed by atoms with Gasteiger partial charge in [-0.05, 0) is 80.1 Å². The fraction of sp³-hybridized carbons (Fsp3) is 0.852. The third-order valence-corrected chi connectivity index (χ3v) is 9.73. The highest BCUT2D eigenvalue weighted by Gasteiger charge is 2.61. The Balaban J connectivity index is 1.47. The number of hydrogen-bond acceptors (Lipinski definition) is 3. The number of fused-ring (bicyclic) bond motifs is 5. The minimum Gasteiger partial charge on any atom is -0.462 e. The number of rotatable bonds is 6. The number of allylic oxidation sites excluding steroid dienone is 1. The molecule has 0 radical (unpaired) electrons. The third kappa shape index (κ3) is 3.69. The maximum Gasteiger partial charge on any atom is 0.306 e. The Morgan fingerprint density at radius 3 is 2.67 bits per heavy atom. The van der Waals surface area contributed by atoms with Crippen LogP contribution in [0.2, 0.25) is 0 Å². The molecule has 0 aromatic rings. The summed E-state index contributed by atoms with van der Waals surface area (Å²) in [6.45, 7) is 9.47. The van der Waals surface area contributed by atoms with Gasteiger partial charge in [0.2, 0.25) is 0 Å². The van der Waals surface area contributed by atoms with Crippen LogP contribution in [0.4, 0.5) is 0 Å². The van der Waals surface area contributed by atoms with Crippen molar-refractivity contribution < 1.29 is 14.3 Å². The molecule has 30 heavy (non-hydrogen) atoms. The topological polar surface area (TPSA) is 43.4 Å². The van der Waals surface area contributed by atoms with Crippen molar-refractivity contribution in [2.24, 2.45) is 34.5 Å². The number of carbonyl (C=O) groups excluding carboxylic acids is 2. The number of ketones is 1. The lowest BCUT2D eigenvalue weighted by Gasteiger charge is -2.59. The summed E-state index contributed by atoms with van der Waals surface area (Å²) in [5, 5.41) is 0. The predicted molar refractivity (Wildman–Crippen MR) is 120 cm³/mol. The zero-order valence-corrected chi connectivity index (χ0v) is 19.7. The Kier molecular flexibility index (Phi) is 6.21. The lowest BCUT2D eigenvalue weighted by Crippen LogP contribution is -2.54. The third-order valence-electron chi connectivity index (χ3n) is 9.73. The minimum atomic E-state index is 0.0276. The molecule has 3 saturated carbocycles. The van der Waals surface area contributed by atoms with Crippen molar-refractivity contribution in [1.82, 2.24) is 0 Å². The minimum absolute atomic E-state index is 0.0276. The monoisotopic (exact) mass is 414 g/mol. The van der Waals surface area contributed by atoms with Gasteiger partial charge in [-0.25, -0.2) is 0 Å². The molecule has 3 fully saturated rings. The summed E-state index contributed by atoms with van der Waals surface area (Å²) in [6, 6.07) is 0. The molecule has 0 bridgehead atoms. The van der Waals surface area contributed by atoms with E-state index in [2.05, 4.69) is 27.7 Å². The fourth-order valence-corrected chi connectivity index (χ4v) is 7.96. The Morgan fingerprint density at radius 1 is 1.10 bits per heavy atom. The van der Waals surface area contributed by atoms with Crippen LogP contribution >= 0.6 is 0 Å². The predicted octanol–water partition coefficient (Wildman–Crippen LogP) is 6.65. The quantitative estimate of drug-likeness (QED) is 0.361. The van der Waals surface area contributed by atoms with Gasteiger partial charge in [0.1, 0.15) is 6.10 Å². The van der Waals surface area contributed by atoms with Gasteiger partial charge in [0.15, 0.2) is 5.78 Å². The van der Waals surface area contributed by atoms with Crippen LogP contribution in [0.25, 0.3) is 0 Å². The van der Waals surface area contributed by atoms with Crippen molar-refractivity contribution in [3.05, 3.63) is 11.6 Å². The highest BCUT2D eigenvalue weighted by molar-refractivity contribution is 5.91. The number of ether oxygens (including phenoxy) is 1. The van der Waals surface area contributed by atoms with E-state index in [1.807, 2.05) is 6.08 Å². The van der Waals surface area contributed by atoms with E-state index in [1.54, 1.807) is 0 Å². The molecule has 0 aromatic carbocycles. The van der Waals surface area contributed by atoms with E-state index in [0.29, 0.717) is 35.9 Å². The van der Waals surface area contributed by atoms with E-state index in [9.17, 15) is 9.59 Å². The van der Waals surface area contributed by atoms with Gasteiger partial charge in [0, 0.05) is 18.3 Å². The largest absolute Gasteiger partial charge is 0.462 e. The average molecular weight is 415 g/mol. The summed E-state index contributed by atoms with van der Waals surface area (Å²) in [4.78, 5) is 24.6. The van der Waals surface area contributed by atoms with Crippen LogP contribution in [-0.2, 0) is 14.3 Å². The van der Waals surface area contributed by atoms with Crippen molar-refractivity contribution in [2.45, 2.75) is 111 Å². The number of hydrogen-bond donors (Lipinski definition) is 0. The molecule has 168 valence electrons. The Labute approximate surface area is 183 Å². The Hall–Kier alpha value is -1.12. The van der Waals surface area contributed by atoms with Crippen molar-refractivity contribution in [1.29, 1.82) is 0 Å². The standard InChI is InChI=1S/C27H42O3/c1-5-6-7-8-9-24(29)30-23-11-10-21-25-18(2)16-19-17-20(28)12-14-26(19,3)22(25)13-15-27(21,23)4/h17-18,21-23,25H,5-16H2,1-4H3. The van der Waals surface area contributed by atoms with Gasteiger partial charge in [-0.15, -0.1) is 0 Å². The molecule has 3 nitrogen and oxygen atoms in total. The first-order chi connectivity index (χ1) is 14.3. The molecule has 4 rings (SSSR count). The van der Waals surface area contributed by atoms with Gasteiger partial charge in [-0.3, -0.25) is 9.59 Å². The molecule has 0 saturated heterocycles. The van der Waals surface area contributed by atoms with Gasteiger partial charge in [0.05, 0.1) is 0 Å². The molecular weight excluding hydrogens is 372 g/mol. The normalized spacial score (nSPS) is 42.7. The van der Waals surface area contributed by atoms with Crippen molar-refractivity contribution in [3.63, 3.8) is 0 Å². The molecule has 0 amide bonds. The van der Waals surface area contributed by atoms with Gasteiger partial charge in [-0.2, -0.15) is 0 Å². The van der Waals surface area contributed by atoms with Crippen molar-refractivity contribution >= 4 is 11.8 Å². The first kappa shape index (κ1) is 22.1. The second-order valence-corrected chi connectivity index (χ2v) is 11.4. The van der Waals surface area contributed by atoms with Gasteiger partial charge < -0.3 is 4.74 Å². The summed E-state index contributed by atoms with van der Waals surface area (Å²) in [7, 11) is 0. The summed E-state index contributed by atoms with van der Waals surface area (Å²) in [6.07, 6.45) is 14.6. The van der Waals surface area contributed by atoms with Gasteiger partial charge in [-0.1, -0.05) is 52.5 Å². The summed E-state index contributed by atoms with van der Waals surface area (Å²) >= 11 is 0. The van der Waals surface area contributed by atoms with Crippen LogP contribution in [0.5, 0.6) is 0 Å². The molecule has 4 aliphatic carbocycles. The molecule has 0 N–H and O–H groups in total. The Bertz CT molecular complexity index is 709. The maximum atomic E-state index is 12.5. The smallest absolute Gasteiger partial charge is 0.306 e. The van der Waals surface area contributed by atoms with Crippen molar-refractivity contribution in [3.8, 4) is 0 Å². The van der Waals surface area contributed by atoms with E-state index in [1.165, 1.54) is 31.3 Å². The van der Waals surface area contributed by atoms with Crippen LogP contribution in [0.15, 0.2) is 11.6 Å². The first-order valence-electron chi connectivity index (χ1n) is 12.7. The highest BCUT2D eigenvalue weighted by atomic mass is 16.5. The van der Waals surface area contributed by atoms with Crippen LogP contribution < -0.4 is 0 Å². The molecule has 0 spiro atoms. The van der Waals surface area contributed by atoms with Crippen molar-refractivity contribution in [2.75, 3.05) is 0 Å². The van der Waals surface area contributed by atoms with E-state index in [4.69, 9.17) is 4.74 Å². The molecule has 4 aliphatic rings. The molecule has 3 heteroatoms. The van der Waals surface area contributed by atoms with E-state index >= 15 is 0 Å². The summed E-state index contributed by atoms with van der Waals surface area (Å²) in [5.74, 6) is 3.02. The average Bonchev–Trinajstić information content (AvgIpc) is 3.03. The number of esters is 1. The highest BCUT2D eigenvalue weighted by Crippen LogP contribution is 2.66. The van der Waals surface area contributed by atoms with Gasteiger partial charge in [0.25, 0.3) is 0 Å². The molecule has 0 heterocycles. The molecule has 0 aromatic heterocycles. The van der Waals surface area contributed by atoms with E-state index in [0.717, 1.165) is 44.9 Å². The van der Waals surface area contributed by atoms with Crippen LogP contribution in [0.1, 0.15) is 105 Å². The second kappa shape index (κ2) is 8.43. The Morgan fingerprint density at radius 2 is 1.90 bits per heavy atom. The van der Waals surface area contributed by atoms with Crippen LogP contribution in [0, 0.1) is 34.5 Å². The first-order valence-corrected chi connectivity index (χ1v) is 12.7. The van der Waals surface area contributed by atoms with E-state index in [-0.39, 0.29) is 22.9 Å². The molecule has 0 aliphatic heterocycles. The zero-order valence-electron chi connectivity index (χ0n) is 19.7. The van der Waals surface area contributed by atoms with Gasteiger partial charge >= 0.3 is 5.97 Å². The second-order valence-electron chi connectivity index (χ2n) is 11.4. The van der Waals surface area contributed by atoms with Crippen LogP contribution in [-0.4, -0.2) is 17.9 Å². The lowest BCUT2D eigenvalue weighted by molar-refractivity contribution is -0.161. The number of carbonyl (C=O) groups is 2. The molecule has 7 atom stereocenters. The fourth-order valence-electron chi connectivity index (χ4n) is 7.96. The van der Waals surface area contributed by atoms with E-state index < -0.39 is 0 Å². The molecular formula is C27H42O3. The summed E-state index contributed by atoms with van der Waals surface area (Å²) < 4.78 is 6.13. The zero-order chi connectivity index (χ0) is 21.5. The lowest BCUT2D eigenvalue weighted by atomic mass is 9.45. The number of unbranched alkanes of at least 4 members (excludes halogenated alkanes) is 3. The summed E-state index contributed by atoms with van der Waals surface area (Å²) in [5.41, 5.74) is 1.78.